The summed E-state index contributed by atoms with van der Waals surface area (Å²) in [5.41, 5.74) is 0.364. The third-order valence-corrected chi connectivity index (χ3v) is 2.47. The van der Waals surface area contributed by atoms with Crippen LogP contribution in [0, 0.1) is 0 Å². The first-order valence-electron chi connectivity index (χ1n) is 5.73. The summed E-state index contributed by atoms with van der Waals surface area (Å²) in [5.74, 6) is -0.473. The Balaban J connectivity index is 1.95. The first kappa shape index (κ1) is 12.8. The summed E-state index contributed by atoms with van der Waals surface area (Å²) in [4.78, 5) is 23.3. The number of carbonyl (C=O) groups is 2. The van der Waals surface area contributed by atoms with Crippen molar-refractivity contribution in [3.05, 3.63) is 60.2 Å². The Labute approximate surface area is 110 Å². The number of para-hydroxylation sites is 1. The summed E-state index contributed by atoms with van der Waals surface area (Å²) in [6, 6.07) is 14.3. The third-order valence-electron chi connectivity index (χ3n) is 2.47. The molecule has 2 aromatic carbocycles. The Morgan fingerprint density at radius 2 is 1.58 bits per heavy atom. The molecule has 1 N–H and O–H groups in total. The molecule has 0 spiro atoms. The zero-order valence-corrected chi connectivity index (χ0v) is 10.1. The number of rotatable bonds is 4. The number of hydrogen-bond donors (Lipinski definition) is 1. The molecule has 0 aliphatic heterocycles. The molecule has 0 saturated carbocycles. The zero-order chi connectivity index (χ0) is 13.7. The molecule has 96 valence electrons. The topological polar surface area (TPSA) is 63.6 Å². The quantitative estimate of drug-likeness (QED) is 0.395. The van der Waals surface area contributed by atoms with Gasteiger partial charge in [-0.05, 0) is 36.4 Å². The fraction of sp³-hybridized carbons (Fsp3) is 0.0667. The van der Waals surface area contributed by atoms with Crippen LogP contribution in [0.5, 0.6) is 11.5 Å². The van der Waals surface area contributed by atoms with Crippen LogP contribution in [0.3, 0.4) is 0 Å². The Hall–Kier alpha value is -2.62. The molecular weight excluding hydrogens is 244 g/mol. The number of ether oxygens (including phenoxy) is 1. The van der Waals surface area contributed by atoms with Crippen molar-refractivity contribution in [2.24, 2.45) is 0 Å². The highest BCUT2D eigenvalue weighted by Gasteiger charge is 2.13. The lowest BCUT2D eigenvalue weighted by molar-refractivity contribution is -0.133. The second kappa shape index (κ2) is 5.82. The fourth-order valence-electron chi connectivity index (χ4n) is 1.54. The van der Waals surface area contributed by atoms with E-state index >= 15 is 0 Å². The number of carbonyl (C=O) groups excluding carboxylic acids is 2. The second-order valence-electron chi connectivity index (χ2n) is 3.93. The second-order valence-corrected chi connectivity index (χ2v) is 3.93. The molecule has 19 heavy (non-hydrogen) atoms. The van der Waals surface area contributed by atoms with Gasteiger partial charge in [0.2, 0.25) is 0 Å². The molecule has 2 aromatic rings. The molecule has 0 bridgehead atoms. The van der Waals surface area contributed by atoms with E-state index in [4.69, 9.17) is 9.84 Å². The van der Waals surface area contributed by atoms with Crippen molar-refractivity contribution in [3.63, 3.8) is 0 Å². The highest BCUT2D eigenvalue weighted by atomic mass is 16.5. The van der Waals surface area contributed by atoms with E-state index in [2.05, 4.69) is 0 Å². The van der Waals surface area contributed by atoms with E-state index in [-0.39, 0.29) is 18.0 Å². The summed E-state index contributed by atoms with van der Waals surface area (Å²) in [7, 11) is 0. The molecule has 4 nitrogen and oxygen atoms in total. The van der Waals surface area contributed by atoms with Gasteiger partial charge in [-0.15, -0.1) is 0 Å². The number of hydrogen-bond acceptors (Lipinski definition) is 4. The lowest BCUT2D eigenvalue weighted by Crippen LogP contribution is -2.14. The maximum atomic E-state index is 11.8. The Morgan fingerprint density at radius 1 is 0.947 bits per heavy atom. The molecule has 0 unspecified atom stereocenters. The van der Waals surface area contributed by atoms with E-state index in [1.807, 2.05) is 0 Å². The Kier molecular flexibility index (Phi) is 3.93. The van der Waals surface area contributed by atoms with E-state index in [9.17, 15) is 9.59 Å². The van der Waals surface area contributed by atoms with Gasteiger partial charge < -0.3 is 9.84 Å². The molecule has 0 aromatic heterocycles. The van der Waals surface area contributed by atoms with Gasteiger partial charge in [0.05, 0.1) is 0 Å². The Bertz CT molecular complexity index is 573. The van der Waals surface area contributed by atoms with Crippen molar-refractivity contribution in [1.29, 1.82) is 0 Å². The van der Waals surface area contributed by atoms with Crippen molar-refractivity contribution < 1.29 is 19.4 Å². The summed E-state index contributed by atoms with van der Waals surface area (Å²) in [5, 5.41) is 9.11. The van der Waals surface area contributed by atoms with Crippen LogP contribution < -0.4 is 4.74 Å². The van der Waals surface area contributed by atoms with Gasteiger partial charge in [0.25, 0.3) is 0 Å². The van der Waals surface area contributed by atoms with Crippen LogP contribution in [-0.4, -0.2) is 16.9 Å². The summed E-state index contributed by atoms with van der Waals surface area (Å²) in [6.45, 7) is 0. The monoisotopic (exact) mass is 256 g/mol. The van der Waals surface area contributed by atoms with Gasteiger partial charge >= 0.3 is 5.97 Å². The zero-order valence-electron chi connectivity index (χ0n) is 10.1. The number of ketones is 1. The molecule has 2 rings (SSSR count). The average molecular weight is 256 g/mol. The SMILES string of the molecule is O=C(CC(=O)c1ccc(O)cc1)Oc1ccccc1. The largest absolute Gasteiger partial charge is 0.508 e. The molecule has 0 radical (unpaired) electrons. The van der Waals surface area contributed by atoms with Crippen molar-refractivity contribution in [3.8, 4) is 11.5 Å². The van der Waals surface area contributed by atoms with E-state index in [1.165, 1.54) is 24.3 Å². The van der Waals surface area contributed by atoms with Crippen LogP contribution in [0.25, 0.3) is 0 Å². The number of phenols is 1. The summed E-state index contributed by atoms with van der Waals surface area (Å²) in [6.07, 6.45) is -0.334. The van der Waals surface area contributed by atoms with Gasteiger partial charge in [0, 0.05) is 5.56 Å². The standard InChI is InChI=1S/C15H12O4/c16-12-8-6-11(7-9-12)14(17)10-15(18)19-13-4-2-1-3-5-13/h1-9,16H,10H2. The number of Topliss-reactive ketones (excluding diaryl/α,β-unsaturated/α-hetero) is 1. The van der Waals surface area contributed by atoms with Gasteiger partial charge in [0.1, 0.15) is 17.9 Å². The number of phenolic OH excluding ortho intramolecular Hbond substituents is 1. The molecule has 4 heteroatoms. The van der Waals surface area contributed by atoms with E-state index in [1.54, 1.807) is 30.3 Å². The van der Waals surface area contributed by atoms with Crippen LogP contribution in [0.2, 0.25) is 0 Å². The maximum absolute atomic E-state index is 11.8. The highest BCUT2D eigenvalue weighted by molar-refractivity contribution is 6.06. The number of aromatic hydroxyl groups is 1. The van der Waals surface area contributed by atoms with E-state index in [0.29, 0.717) is 11.3 Å². The maximum Gasteiger partial charge on any atom is 0.319 e. The van der Waals surface area contributed by atoms with Crippen molar-refractivity contribution >= 4 is 11.8 Å². The normalized spacial score (nSPS) is 9.89. The first-order chi connectivity index (χ1) is 9.15. The molecule has 0 atom stereocenters. The van der Waals surface area contributed by atoms with Gasteiger partial charge in [-0.2, -0.15) is 0 Å². The van der Waals surface area contributed by atoms with Crippen molar-refractivity contribution in [1.82, 2.24) is 0 Å². The van der Waals surface area contributed by atoms with Crippen LogP contribution in [0.4, 0.5) is 0 Å². The highest BCUT2D eigenvalue weighted by Crippen LogP contribution is 2.13. The van der Waals surface area contributed by atoms with E-state index in [0.717, 1.165) is 0 Å². The minimum atomic E-state index is -0.607. The minimum Gasteiger partial charge on any atom is -0.508 e. The Morgan fingerprint density at radius 3 is 2.21 bits per heavy atom. The van der Waals surface area contributed by atoms with Crippen LogP contribution >= 0.6 is 0 Å². The van der Waals surface area contributed by atoms with Crippen LogP contribution in [0.1, 0.15) is 16.8 Å². The number of esters is 1. The third kappa shape index (κ3) is 3.67. The van der Waals surface area contributed by atoms with Crippen molar-refractivity contribution in [2.75, 3.05) is 0 Å². The van der Waals surface area contributed by atoms with Gasteiger partial charge in [-0.25, -0.2) is 0 Å². The number of benzene rings is 2. The van der Waals surface area contributed by atoms with Crippen molar-refractivity contribution in [2.45, 2.75) is 6.42 Å². The fourth-order valence-corrected chi connectivity index (χ4v) is 1.54. The lowest BCUT2D eigenvalue weighted by Gasteiger charge is -2.03. The minimum absolute atomic E-state index is 0.0726. The smallest absolute Gasteiger partial charge is 0.319 e. The molecule has 0 aliphatic carbocycles. The van der Waals surface area contributed by atoms with Gasteiger partial charge in [-0.3, -0.25) is 9.59 Å². The van der Waals surface area contributed by atoms with E-state index < -0.39 is 5.97 Å². The molecule has 0 heterocycles. The van der Waals surface area contributed by atoms with Gasteiger partial charge in [0.15, 0.2) is 5.78 Å². The molecule has 0 amide bonds. The summed E-state index contributed by atoms with van der Waals surface area (Å²) >= 11 is 0. The molecule has 0 aliphatic rings. The van der Waals surface area contributed by atoms with Gasteiger partial charge in [-0.1, -0.05) is 18.2 Å². The average Bonchev–Trinajstić information content (AvgIpc) is 2.40. The molecule has 0 saturated heterocycles. The summed E-state index contributed by atoms with van der Waals surface area (Å²) < 4.78 is 5.02. The molecule has 0 fully saturated rings. The lowest BCUT2D eigenvalue weighted by atomic mass is 10.1. The van der Waals surface area contributed by atoms with Crippen LogP contribution in [-0.2, 0) is 4.79 Å². The molecular formula is C15H12O4. The predicted octanol–water partition coefficient (Wildman–Crippen LogP) is 2.57. The van der Waals surface area contributed by atoms with Crippen LogP contribution in [0.15, 0.2) is 54.6 Å². The predicted molar refractivity (Wildman–Crippen MR) is 69.1 cm³/mol. The first-order valence-corrected chi connectivity index (χ1v) is 5.73.